The minimum atomic E-state index is -0.782. The molecule has 1 aliphatic carbocycles. The molecule has 0 aromatic rings. The maximum atomic E-state index is 12.6. The molecule has 19 heavy (non-hydrogen) atoms. The zero-order valence-corrected chi connectivity index (χ0v) is 12.5. The van der Waals surface area contributed by atoms with Crippen molar-refractivity contribution in [3.05, 3.63) is 12.7 Å². The van der Waals surface area contributed by atoms with E-state index in [2.05, 4.69) is 17.2 Å². The second kappa shape index (κ2) is 5.76. The summed E-state index contributed by atoms with van der Waals surface area (Å²) < 4.78 is 0. The Morgan fingerprint density at radius 3 is 2.47 bits per heavy atom. The number of rotatable bonds is 3. The molecule has 0 bridgehead atoms. The van der Waals surface area contributed by atoms with Crippen LogP contribution in [0.5, 0.6) is 0 Å². The van der Waals surface area contributed by atoms with Gasteiger partial charge in [0.1, 0.15) is 5.54 Å². The molecule has 0 aromatic carbocycles. The normalized spacial score (nSPS) is 27.5. The lowest BCUT2D eigenvalue weighted by Crippen LogP contribution is -2.62. The summed E-state index contributed by atoms with van der Waals surface area (Å²) in [5, 5.41) is 5.87. The number of amides is 2. The first kappa shape index (κ1) is 15.7. The Bertz CT molecular complexity index is 371. The molecule has 0 spiro atoms. The highest BCUT2D eigenvalue weighted by Gasteiger charge is 2.43. The summed E-state index contributed by atoms with van der Waals surface area (Å²) >= 11 is 0. The van der Waals surface area contributed by atoms with Crippen molar-refractivity contribution >= 4 is 11.8 Å². The van der Waals surface area contributed by atoms with Crippen LogP contribution >= 0.6 is 0 Å². The summed E-state index contributed by atoms with van der Waals surface area (Å²) in [6.45, 7) is 11.1. The lowest BCUT2D eigenvalue weighted by atomic mass is 9.74. The Hall–Kier alpha value is -1.32. The lowest BCUT2D eigenvalue weighted by molar-refractivity contribution is -0.136. The van der Waals surface area contributed by atoms with Crippen molar-refractivity contribution in [2.45, 2.75) is 64.5 Å². The molecule has 1 aliphatic rings. The number of nitrogens with one attached hydrogen (secondary N) is 2. The molecule has 0 radical (unpaired) electrons. The topological polar surface area (TPSA) is 58.2 Å². The minimum Gasteiger partial charge on any atom is -0.349 e. The second-order valence-corrected chi connectivity index (χ2v) is 6.56. The van der Waals surface area contributed by atoms with Gasteiger partial charge in [-0.05, 0) is 52.4 Å². The van der Waals surface area contributed by atoms with E-state index in [0.29, 0.717) is 12.8 Å². The fourth-order valence-electron chi connectivity index (χ4n) is 2.69. The second-order valence-electron chi connectivity index (χ2n) is 6.56. The number of hydrogen-bond acceptors (Lipinski definition) is 2. The van der Waals surface area contributed by atoms with Crippen LogP contribution in [0.25, 0.3) is 0 Å². The molecular formula is C15H26N2O2. The third-order valence-electron chi connectivity index (χ3n) is 3.46. The molecule has 4 heteroatoms. The van der Waals surface area contributed by atoms with Gasteiger partial charge < -0.3 is 10.6 Å². The van der Waals surface area contributed by atoms with Crippen molar-refractivity contribution in [1.82, 2.24) is 10.6 Å². The minimum absolute atomic E-state index is 0.0817. The quantitative estimate of drug-likeness (QED) is 0.769. The van der Waals surface area contributed by atoms with Crippen molar-refractivity contribution in [1.29, 1.82) is 0 Å². The van der Waals surface area contributed by atoms with Crippen molar-refractivity contribution in [3.63, 3.8) is 0 Å². The van der Waals surface area contributed by atoms with Crippen LogP contribution in [-0.2, 0) is 9.59 Å². The van der Waals surface area contributed by atoms with Crippen LogP contribution in [0.3, 0.4) is 0 Å². The Kier molecular flexibility index (Phi) is 4.77. The predicted octanol–water partition coefficient (Wildman–Crippen LogP) is 2.15. The van der Waals surface area contributed by atoms with Gasteiger partial charge in [0.05, 0.1) is 0 Å². The van der Waals surface area contributed by atoms with Gasteiger partial charge in [0.25, 0.3) is 0 Å². The molecule has 2 N–H and O–H groups in total. The highest BCUT2D eigenvalue weighted by molar-refractivity contribution is 5.91. The van der Waals surface area contributed by atoms with Crippen LogP contribution in [0.4, 0.5) is 0 Å². The summed E-state index contributed by atoms with van der Waals surface area (Å²) in [6.07, 6.45) is 5.18. The first-order chi connectivity index (χ1) is 8.68. The van der Waals surface area contributed by atoms with E-state index in [0.717, 1.165) is 12.8 Å². The van der Waals surface area contributed by atoms with Gasteiger partial charge in [-0.2, -0.15) is 0 Å². The fourth-order valence-corrected chi connectivity index (χ4v) is 2.69. The number of allylic oxidation sites excluding steroid dienone is 1. The van der Waals surface area contributed by atoms with Crippen molar-refractivity contribution in [2.24, 2.45) is 5.92 Å². The van der Waals surface area contributed by atoms with E-state index in [1.54, 1.807) is 0 Å². The van der Waals surface area contributed by atoms with Crippen LogP contribution in [0.2, 0.25) is 0 Å². The molecule has 2 atom stereocenters. The van der Waals surface area contributed by atoms with Crippen molar-refractivity contribution in [3.8, 4) is 0 Å². The Balaban J connectivity index is 2.95. The first-order valence-electron chi connectivity index (χ1n) is 6.92. The Morgan fingerprint density at radius 1 is 1.37 bits per heavy atom. The largest absolute Gasteiger partial charge is 0.349 e. The third kappa shape index (κ3) is 4.37. The van der Waals surface area contributed by atoms with E-state index in [1.165, 1.54) is 6.92 Å². The van der Waals surface area contributed by atoms with Crippen LogP contribution in [-0.4, -0.2) is 22.9 Å². The van der Waals surface area contributed by atoms with E-state index in [9.17, 15) is 9.59 Å². The Labute approximate surface area is 116 Å². The van der Waals surface area contributed by atoms with Gasteiger partial charge in [-0.25, -0.2) is 0 Å². The summed E-state index contributed by atoms with van der Waals surface area (Å²) in [7, 11) is 0. The molecule has 0 heterocycles. The van der Waals surface area contributed by atoms with E-state index in [-0.39, 0.29) is 23.3 Å². The van der Waals surface area contributed by atoms with Crippen molar-refractivity contribution < 1.29 is 9.59 Å². The summed E-state index contributed by atoms with van der Waals surface area (Å²) in [6, 6.07) is 0. The molecule has 0 aliphatic heterocycles. The molecule has 0 saturated heterocycles. The van der Waals surface area contributed by atoms with Gasteiger partial charge in [-0.1, -0.05) is 6.08 Å². The molecule has 2 amide bonds. The van der Waals surface area contributed by atoms with E-state index in [4.69, 9.17) is 0 Å². The summed E-state index contributed by atoms with van der Waals surface area (Å²) in [5.41, 5.74) is -1.08. The van der Waals surface area contributed by atoms with Gasteiger partial charge >= 0.3 is 0 Å². The van der Waals surface area contributed by atoms with Crippen LogP contribution < -0.4 is 10.6 Å². The Morgan fingerprint density at radius 2 is 2.00 bits per heavy atom. The first-order valence-corrected chi connectivity index (χ1v) is 6.92. The van der Waals surface area contributed by atoms with Gasteiger partial charge in [-0.15, -0.1) is 6.58 Å². The highest BCUT2D eigenvalue weighted by Crippen LogP contribution is 2.33. The van der Waals surface area contributed by atoms with Crippen molar-refractivity contribution in [2.75, 3.05) is 0 Å². The molecule has 1 saturated carbocycles. The number of carbonyl (C=O) groups is 2. The zero-order valence-electron chi connectivity index (χ0n) is 12.5. The van der Waals surface area contributed by atoms with Gasteiger partial charge in [0.15, 0.2) is 0 Å². The SMILES string of the molecule is C=CC1CCCC(NC(C)=O)(C(=O)NC(C)(C)C)C1. The third-order valence-corrected chi connectivity index (χ3v) is 3.46. The highest BCUT2D eigenvalue weighted by atomic mass is 16.2. The van der Waals surface area contributed by atoms with Gasteiger partial charge in [0, 0.05) is 12.5 Å². The average Bonchev–Trinajstić information content (AvgIpc) is 2.26. The zero-order chi connectivity index (χ0) is 14.7. The van der Waals surface area contributed by atoms with Crippen LogP contribution in [0.1, 0.15) is 53.4 Å². The van der Waals surface area contributed by atoms with E-state index in [1.807, 2.05) is 26.8 Å². The molecular weight excluding hydrogens is 240 g/mol. The molecule has 1 fully saturated rings. The maximum absolute atomic E-state index is 12.6. The van der Waals surface area contributed by atoms with E-state index >= 15 is 0 Å². The smallest absolute Gasteiger partial charge is 0.246 e. The monoisotopic (exact) mass is 266 g/mol. The standard InChI is InChI=1S/C15H26N2O2/c1-6-12-8-7-9-15(10-12,16-11(2)18)13(19)17-14(3,4)5/h6,12H,1,7-10H2,2-5H3,(H,16,18)(H,17,19). The van der Waals surface area contributed by atoms with Gasteiger partial charge in [0.2, 0.25) is 11.8 Å². The lowest BCUT2D eigenvalue weighted by Gasteiger charge is -2.41. The van der Waals surface area contributed by atoms with Gasteiger partial charge in [-0.3, -0.25) is 9.59 Å². The van der Waals surface area contributed by atoms with E-state index < -0.39 is 5.54 Å². The number of hydrogen-bond donors (Lipinski definition) is 2. The molecule has 4 nitrogen and oxygen atoms in total. The molecule has 1 rings (SSSR count). The average molecular weight is 266 g/mol. The molecule has 108 valence electrons. The molecule has 0 aromatic heterocycles. The summed E-state index contributed by atoms with van der Waals surface area (Å²) in [4.78, 5) is 24.0. The van der Waals surface area contributed by atoms with Crippen LogP contribution in [0.15, 0.2) is 12.7 Å². The predicted molar refractivity (Wildman–Crippen MR) is 76.6 cm³/mol. The van der Waals surface area contributed by atoms with Crippen LogP contribution in [0, 0.1) is 5.92 Å². The molecule has 2 unspecified atom stereocenters. The maximum Gasteiger partial charge on any atom is 0.246 e. The summed E-state index contributed by atoms with van der Waals surface area (Å²) in [5.74, 6) is 0.0434. The fraction of sp³-hybridized carbons (Fsp3) is 0.733. The number of carbonyl (C=O) groups excluding carboxylic acids is 2.